The van der Waals surface area contributed by atoms with Crippen LogP contribution in [0.3, 0.4) is 0 Å². The molecule has 0 spiro atoms. The van der Waals surface area contributed by atoms with E-state index in [1.807, 2.05) is 0 Å². The highest BCUT2D eigenvalue weighted by molar-refractivity contribution is 5.82. The third-order valence-corrected chi connectivity index (χ3v) is 5.14. The van der Waals surface area contributed by atoms with Crippen LogP contribution >= 0.6 is 0 Å². The Balaban J connectivity index is 1.64. The van der Waals surface area contributed by atoms with E-state index in [-0.39, 0.29) is 5.91 Å². The molecule has 0 saturated heterocycles. The van der Waals surface area contributed by atoms with Crippen molar-refractivity contribution in [3.63, 3.8) is 0 Å². The minimum atomic E-state index is -0.881. The molecule has 2 aromatic heterocycles. The molecule has 0 radical (unpaired) electrons. The van der Waals surface area contributed by atoms with Crippen molar-refractivity contribution in [3.8, 4) is 0 Å². The molecule has 6 N–H and O–H groups in total. The summed E-state index contributed by atoms with van der Waals surface area (Å²) in [5.74, 6) is 0.688. The van der Waals surface area contributed by atoms with Gasteiger partial charge in [-0.2, -0.15) is 0 Å². The second-order valence-corrected chi connectivity index (χ2v) is 7.15. The van der Waals surface area contributed by atoms with Gasteiger partial charge in [-0.1, -0.05) is 32.1 Å². The Morgan fingerprint density at radius 2 is 2.15 bits per heavy atom. The summed E-state index contributed by atoms with van der Waals surface area (Å²) >= 11 is 0. The fourth-order valence-electron chi connectivity index (χ4n) is 3.69. The quantitative estimate of drug-likeness (QED) is 0.482. The van der Waals surface area contributed by atoms with Gasteiger partial charge < -0.3 is 26.1 Å². The largest absolute Gasteiger partial charge is 0.383 e. The Labute approximate surface area is 153 Å². The summed E-state index contributed by atoms with van der Waals surface area (Å²) in [6, 6.07) is -1.13. The number of carbonyl (C=O) groups is 1. The average molecular weight is 360 g/mol. The van der Waals surface area contributed by atoms with Gasteiger partial charge in [-0.25, -0.2) is 9.97 Å². The minimum Gasteiger partial charge on any atom is -0.383 e. The van der Waals surface area contributed by atoms with Crippen molar-refractivity contribution in [1.82, 2.24) is 25.3 Å². The number of aromatic amines is 2. The molecule has 1 amide bonds. The van der Waals surface area contributed by atoms with Gasteiger partial charge in [0.25, 0.3) is 0 Å². The fraction of sp³-hybridized carbons (Fsp3) is 0.611. The molecule has 3 rings (SSSR count). The number of aliphatic hydroxyl groups is 1. The summed E-state index contributed by atoms with van der Waals surface area (Å²) in [4.78, 5) is 26.6. The Kier molecular flexibility index (Phi) is 6.40. The van der Waals surface area contributed by atoms with Crippen molar-refractivity contribution in [2.45, 2.75) is 63.1 Å². The lowest BCUT2D eigenvalue weighted by Gasteiger charge is -2.30. The summed E-state index contributed by atoms with van der Waals surface area (Å²) in [6.45, 7) is 0. The van der Waals surface area contributed by atoms with Gasteiger partial charge in [0, 0.05) is 25.0 Å². The first-order valence-corrected chi connectivity index (χ1v) is 9.34. The van der Waals surface area contributed by atoms with E-state index in [0.29, 0.717) is 18.2 Å². The lowest BCUT2D eigenvalue weighted by atomic mass is 9.83. The maximum atomic E-state index is 12.6. The number of imidazole rings is 2. The molecular formula is C18H28N6O2. The van der Waals surface area contributed by atoms with Crippen LogP contribution in [0.1, 0.15) is 56.1 Å². The van der Waals surface area contributed by atoms with Crippen LogP contribution < -0.4 is 11.1 Å². The molecule has 0 aliphatic heterocycles. The van der Waals surface area contributed by atoms with E-state index < -0.39 is 18.2 Å². The first kappa shape index (κ1) is 18.6. The number of nitrogens with one attached hydrogen (secondary N) is 3. The number of carbonyl (C=O) groups excluding carboxylic acids is 1. The molecule has 1 fully saturated rings. The van der Waals surface area contributed by atoms with Crippen LogP contribution in [-0.2, 0) is 11.2 Å². The van der Waals surface area contributed by atoms with Crippen LogP contribution in [0.5, 0.6) is 0 Å². The molecule has 142 valence electrons. The molecular weight excluding hydrogens is 332 g/mol. The SMILES string of the molecule is N[C@@H](Cc1c[nH]cn1)C(=O)N[C@@H](CC1CCCCC1)[C@@H](O)c1ncc[nH]1. The predicted molar refractivity (Wildman–Crippen MR) is 96.9 cm³/mol. The van der Waals surface area contributed by atoms with E-state index in [1.165, 1.54) is 19.3 Å². The topological polar surface area (TPSA) is 133 Å². The number of nitrogens with two attached hydrogens (primary N) is 1. The molecule has 26 heavy (non-hydrogen) atoms. The van der Waals surface area contributed by atoms with Crippen LogP contribution in [0.15, 0.2) is 24.9 Å². The number of rotatable bonds is 8. The molecule has 3 atom stereocenters. The highest BCUT2D eigenvalue weighted by atomic mass is 16.3. The molecule has 1 aliphatic carbocycles. The van der Waals surface area contributed by atoms with Crippen LogP contribution in [0.4, 0.5) is 0 Å². The van der Waals surface area contributed by atoms with Gasteiger partial charge in [-0.3, -0.25) is 4.79 Å². The average Bonchev–Trinajstić information content (AvgIpc) is 3.35. The molecule has 0 bridgehead atoms. The minimum absolute atomic E-state index is 0.278. The van der Waals surface area contributed by atoms with Crippen LogP contribution in [0.25, 0.3) is 0 Å². The second-order valence-electron chi connectivity index (χ2n) is 7.15. The van der Waals surface area contributed by atoms with Gasteiger partial charge in [0.05, 0.1) is 24.1 Å². The zero-order valence-electron chi connectivity index (χ0n) is 14.9. The van der Waals surface area contributed by atoms with Crippen molar-refractivity contribution < 1.29 is 9.90 Å². The van der Waals surface area contributed by atoms with Gasteiger partial charge in [0.15, 0.2) is 0 Å². The third-order valence-electron chi connectivity index (χ3n) is 5.14. The van der Waals surface area contributed by atoms with E-state index in [9.17, 15) is 9.90 Å². The van der Waals surface area contributed by atoms with E-state index in [0.717, 1.165) is 25.0 Å². The van der Waals surface area contributed by atoms with E-state index in [1.54, 1.807) is 24.9 Å². The lowest BCUT2D eigenvalue weighted by Crippen LogP contribution is -2.49. The Morgan fingerprint density at radius 1 is 1.35 bits per heavy atom. The van der Waals surface area contributed by atoms with Crippen molar-refractivity contribution >= 4 is 5.91 Å². The summed E-state index contributed by atoms with van der Waals surface area (Å²) in [5.41, 5.74) is 6.78. The molecule has 0 unspecified atom stereocenters. The van der Waals surface area contributed by atoms with Gasteiger partial charge in [0.2, 0.25) is 5.91 Å². The number of aromatic nitrogens is 4. The van der Waals surface area contributed by atoms with Crippen molar-refractivity contribution in [2.24, 2.45) is 11.7 Å². The number of aliphatic hydroxyl groups excluding tert-OH is 1. The van der Waals surface area contributed by atoms with Crippen molar-refractivity contribution in [1.29, 1.82) is 0 Å². The summed E-state index contributed by atoms with van der Waals surface area (Å²) in [5, 5.41) is 13.7. The number of hydrogen-bond donors (Lipinski definition) is 5. The number of amides is 1. The van der Waals surface area contributed by atoms with Crippen LogP contribution in [-0.4, -0.2) is 43.0 Å². The van der Waals surface area contributed by atoms with Gasteiger partial charge in [-0.05, 0) is 12.3 Å². The Bertz CT molecular complexity index is 651. The Morgan fingerprint density at radius 3 is 2.81 bits per heavy atom. The number of hydrogen-bond acceptors (Lipinski definition) is 5. The molecule has 2 aromatic rings. The first-order valence-electron chi connectivity index (χ1n) is 9.34. The summed E-state index contributed by atoms with van der Waals surface area (Å²) in [7, 11) is 0. The van der Waals surface area contributed by atoms with Crippen molar-refractivity contribution in [2.75, 3.05) is 0 Å². The van der Waals surface area contributed by atoms with Crippen LogP contribution in [0, 0.1) is 5.92 Å². The summed E-state index contributed by atoms with van der Waals surface area (Å²) in [6.07, 6.45) is 12.7. The zero-order chi connectivity index (χ0) is 18.4. The zero-order valence-corrected chi connectivity index (χ0v) is 14.9. The van der Waals surface area contributed by atoms with Gasteiger partial charge in [0.1, 0.15) is 11.9 Å². The van der Waals surface area contributed by atoms with E-state index in [4.69, 9.17) is 5.73 Å². The third kappa shape index (κ3) is 4.92. The Hall–Kier alpha value is -2.19. The highest BCUT2D eigenvalue weighted by Gasteiger charge is 2.30. The smallest absolute Gasteiger partial charge is 0.237 e. The lowest BCUT2D eigenvalue weighted by molar-refractivity contribution is -0.124. The predicted octanol–water partition coefficient (Wildman–Crippen LogP) is 1.19. The summed E-state index contributed by atoms with van der Waals surface area (Å²) < 4.78 is 0. The number of H-pyrrole nitrogens is 2. The monoisotopic (exact) mass is 360 g/mol. The van der Waals surface area contributed by atoms with Crippen molar-refractivity contribution in [3.05, 3.63) is 36.4 Å². The van der Waals surface area contributed by atoms with E-state index >= 15 is 0 Å². The standard InChI is InChI=1S/C18H28N6O2/c19-14(9-13-10-20-11-23-13)18(26)24-15(8-12-4-2-1-3-5-12)16(25)17-21-6-7-22-17/h6-7,10-12,14-16,25H,1-5,8-9,19H2,(H,20,23)(H,21,22)(H,24,26)/t14-,15-,16+/m0/s1. The van der Waals surface area contributed by atoms with Crippen LogP contribution in [0.2, 0.25) is 0 Å². The highest BCUT2D eigenvalue weighted by Crippen LogP contribution is 2.30. The molecule has 8 nitrogen and oxygen atoms in total. The van der Waals surface area contributed by atoms with Gasteiger partial charge >= 0.3 is 0 Å². The normalized spacial score (nSPS) is 19.0. The number of nitrogens with zero attached hydrogens (tertiary/aromatic N) is 2. The van der Waals surface area contributed by atoms with E-state index in [2.05, 4.69) is 25.3 Å². The maximum absolute atomic E-state index is 12.6. The maximum Gasteiger partial charge on any atom is 0.237 e. The molecule has 8 heteroatoms. The van der Waals surface area contributed by atoms with Gasteiger partial charge in [-0.15, -0.1) is 0 Å². The first-order chi connectivity index (χ1) is 12.6. The molecule has 0 aromatic carbocycles. The second kappa shape index (κ2) is 8.95. The molecule has 1 saturated carbocycles. The molecule has 1 aliphatic rings. The fourth-order valence-corrected chi connectivity index (χ4v) is 3.69. The molecule has 2 heterocycles.